The van der Waals surface area contributed by atoms with Gasteiger partial charge < -0.3 is 15.1 Å². The maximum Gasteiger partial charge on any atom is 0.326 e. The number of aliphatic hydroxyl groups is 1. The first-order chi connectivity index (χ1) is 8.08. The Labute approximate surface area is 99.9 Å². The number of hydrogen-bond donors (Lipinski definition) is 3. The third-order valence-electron chi connectivity index (χ3n) is 2.40. The number of rotatable bonds is 2. The number of carbonyl (C=O) groups is 2. The number of aliphatic carboxylic acids is 1. The zero-order valence-electron chi connectivity index (χ0n) is 8.61. The highest BCUT2D eigenvalue weighted by Gasteiger charge is 2.39. The van der Waals surface area contributed by atoms with Gasteiger partial charge in [-0.3, -0.25) is 5.32 Å². The van der Waals surface area contributed by atoms with Crippen molar-refractivity contribution in [3.8, 4) is 0 Å². The van der Waals surface area contributed by atoms with Crippen LogP contribution in [0.15, 0.2) is 5.51 Å². The van der Waals surface area contributed by atoms with Crippen LogP contribution < -0.4 is 5.32 Å². The van der Waals surface area contributed by atoms with E-state index in [-0.39, 0.29) is 13.0 Å². The number of likely N-dealkylation sites (tertiary alicyclic amines) is 1. The molecule has 1 aromatic heterocycles. The predicted molar refractivity (Wildman–Crippen MR) is 57.7 cm³/mol. The van der Waals surface area contributed by atoms with Gasteiger partial charge in [0, 0.05) is 13.0 Å². The molecule has 0 aliphatic carbocycles. The molecule has 0 unspecified atom stereocenters. The molecule has 92 valence electrons. The molecule has 1 aliphatic rings. The summed E-state index contributed by atoms with van der Waals surface area (Å²) in [5, 5.41) is 28.2. The molecule has 1 saturated heterocycles. The number of β-amino-alcohol motifs (C(OH)–C–C–N with tert-alkyl or cyclic N) is 1. The van der Waals surface area contributed by atoms with Crippen molar-refractivity contribution >= 4 is 28.5 Å². The van der Waals surface area contributed by atoms with Gasteiger partial charge in [-0.25, -0.2) is 9.59 Å². The van der Waals surface area contributed by atoms with Gasteiger partial charge in [0.25, 0.3) is 0 Å². The van der Waals surface area contributed by atoms with E-state index in [1.165, 1.54) is 5.51 Å². The van der Waals surface area contributed by atoms with Crippen molar-refractivity contribution in [3.63, 3.8) is 0 Å². The van der Waals surface area contributed by atoms with E-state index in [1.807, 2.05) is 0 Å². The molecule has 17 heavy (non-hydrogen) atoms. The monoisotopic (exact) mass is 258 g/mol. The molecule has 1 fully saturated rings. The first-order valence-electron chi connectivity index (χ1n) is 4.82. The lowest BCUT2D eigenvalue weighted by molar-refractivity contribution is -0.141. The van der Waals surface area contributed by atoms with Crippen molar-refractivity contribution in [2.45, 2.75) is 18.6 Å². The van der Waals surface area contributed by atoms with Crippen LogP contribution >= 0.6 is 11.3 Å². The molecule has 1 aromatic rings. The molecule has 0 radical (unpaired) electrons. The van der Waals surface area contributed by atoms with E-state index in [4.69, 9.17) is 5.11 Å². The highest BCUT2D eigenvalue weighted by molar-refractivity contribution is 7.13. The maximum atomic E-state index is 11.8. The van der Waals surface area contributed by atoms with E-state index >= 15 is 0 Å². The van der Waals surface area contributed by atoms with Crippen LogP contribution in [-0.4, -0.2) is 56.0 Å². The summed E-state index contributed by atoms with van der Waals surface area (Å²) in [7, 11) is 0. The number of aromatic nitrogens is 2. The first-order valence-corrected chi connectivity index (χ1v) is 5.70. The molecule has 0 saturated carbocycles. The summed E-state index contributed by atoms with van der Waals surface area (Å²) in [6, 6.07) is -1.59. The number of carboxylic acid groups (broad SMARTS) is 1. The molecule has 3 N–H and O–H groups in total. The summed E-state index contributed by atoms with van der Waals surface area (Å²) < 4.78 is 0. The summed E-state index contributed by atoms with van der Waals surface area (Å²) in [6.07, 6.45) is -0.768. The number of hydrogen-bond acceptors (Lipinski definition) is 6. The van der Waals surface area contributed by atoms with Crippen LogP contribution in [0.5, 0.6) is 0 Å². The van der Waals surface area contributed by atoms with E-state index < -0.39 is 24.1 Å². The Balaban J connectivity index is 2.05. The summed E-state index contributed by atoms with van der Waals surface area (Å²) in [6.45, 7) is 0.00159. The van der Waals surface area contributed by atoms with Crippen LogP contribution in [0.25, 0.3) is 0 Å². The number of urea groups is 1. The second-order valence-electron chi connectivity index (χ2n) is 3.57. The quantitative estimate of drug-likeness (QED) is 0.664. The molecule has 0 bridgehead atoms. The van der Waals surface area contributed by atoms with Gasteiger partial charge in [0.05, 0.1) is 6.10 Å². The molecule has 9 heteroatoms. The first kappa shape index (κ1) is 11.7. The van der Waals surface area contributed by atoms with E-state index in [0.717, 1.165) is 16.2 Å². The average molecular weight is 258 g/mol. The van der Waals surface area contributed by atoms with Gasteiger partial charge in [-0.2, -0.15) is 0 Å². The molecule has 0 aromatic carbocycles. The Kier molecular flexibility index (Phi) is 3.20. The van der Waals surface area contributed by atoms with Crippen LogP contribution in [-0.2, 0) is 4.79 Å². The minimum absolute atomic E-state index is 0.00159. The fourth-order valence-corrected chi connectivity index (χ4v) is 2.10. The standard InChI is InChI=1S/C8H10N4O4S/c13-4-1-5(6(14)15)12(2-4)8(16)10-7-11-9-3-17-7/h3-5,13H,1-2H2,(H,14,15)(H,10,11,16)/t4-,5-/m1/s1. The lowest BCUT2D eigenvalue weighted by Gasteiger charge is -2.20. The van der Waals surface area contributed by atoms with Gasteiger partial charge in [0.1, 0.15) is 11.6 Å². The van der Waals surface area contributed by atoms with Crippen molar-refractivity contribution < 1.29 is 19.8 Å². The summed E-state index contributed by atoms with van der Waals surface area (Å²) in [4.78, 5) is 23.7. The Morgan fingerprint density at radius 2 is 2.35 bits per heavy atom. The number of carbonyl (C=O) groups excluding carboxylic acids is 1. The van der Waals surface area contributed by atoms with Crippen LogP contribution in [0.4, 0.5) is 9.93 Å². The van der Waals surface area contributed by atoms with Gasteiger partial charge in [-0.05, 0) is 0 Å². The Morgan fingerprint density at radius 3 is 2.94 bits per heavy atom. The Hall–Kier alpha value is -1.74. The van der Waals surface area contributed by atoms with Crippen molar-refractivity contribution in [2.24, 2.45) is 0 Å². The van der Waals surface area contributed by atoms with Crippen molar-refractivity contribution in [2.75, 3.05) is 11.9 Å². The SMILES string of the molecule is O=C(O)[C@H]1C[C@@H](O)CN1C(=O)Nc1nncs1. The molecule has 2 atom stereocenters. The summed E-state index contributed by atoms with van der Waals surface area (Å²) >= 11 is 1.13. The van der Waals surface area contributed by atoms with Crippen LogP contribution in [0.3, 0.4) is 0 Å². The normalized spacial score (nSPS) is 23.7. The average Bonchev–Trinajstić information content (AvgIpc) is 2.86. The highest BCUT2D eigenvalue weighted by Crippen LogP contribution is 2.20. The molecule has 2 rings (SSSR count). The molecule has 0 spiro atoms. The third kappa shape index (κ3) is 2.50. The number of anilines is 1. The molecule has 2 amide bonds. The van der Waals surface area contributed by atoms with E-state index in [2.05, 4.69) is 15.5 Å². The van der Waals surface area contributed by atoms with E-state index in [1.54, 1.807) is 0 Å². The minimum Gasteiger partial charge on any atom is -0.480 e. The third-order valence-corrected chi connectivity index (χ3v) is 3.01. The molecular formula is C8H10N4O4S. The number of nitrogens with zero attached hydrogens (tertiary/aromatic N) is 3. The fraction of sp³-hybridized carbons (Fsp3) is 0.500. The zero-order chi connectivity index (χ0) is 12.4. The van der Waals surface area contributed by atoms with Crippen LogP contribution in [0.1, 0.15) is 6.42 Å². The second kappa shape index (κ2) is 4.63. The Bertz CT molecular complexity index is 423. The zero-order valence-corrected chi connectivity index (χ0v) is 9.42. The number of carboxylic acids is 1. The lowest BCUT2D eigenvalue weighted by atomic mass is 10.2. The second-order valence-corrected chi connectivity index (χ2v) is 4.40. The molecular weight excluding hydrogens is 248 g/mol. The highest BCUT2D eigenvalue weighted by atomic mass is 32.1. The molecule has 8 nitrogen and oxygen atoms in total. The topological polar surface area (TPSA) is 116 Å². The van der Waals surface area contributed by atoms with Gasteiger partial charge in [0.15, 0.2) is 0 Å². The summed E-state index contributed by atoms with van der Waals surface area (Å²) in [5.41, 5.74) is 1.45. The molecule has 1 aliphatic heterocycles. The minimum atomic E-state index is -1.13. The largest absolute Gasteiger partial charge is 0.480 e. The molecule has 2 heterocycles. The van der Waals surface area contributed by atoms with Crippen molar-refractivity contribution in [3.05, 3.63) is 5.51 Å². The van der Waals surface area contributed by atoms with Crippen molar-refractivity contribution in [1.82, 2.24) is 15.1 Å². The summed E-state index contributed by atoms with van der Waals surface area (Å²) in [5.74, 6) is -1.13. The van der Waals surface area contributed by atoms with Gasteiger partial charge in [-0.15, -0.1) is 10.2 Å². The smallest absolute Gasteiger partial charge is 0.326 e. The van der Waals surface area contributed by atoms with Gasteiger partial charge >= 0.3 is 12.0 Å². The van der Waals surface area contributed by atoms with Gasteiger partial charge in [-0.1, -0.05) is 11.3 Å². The number of amides is 2. The van der Waals surface area contributed by atoms with Crippen molar-refractivity contribution in [1.29, 1.82) is 0 Å². The van der Waals surface area contributed by atoms with E-state index in [0.29, 0.717) is 5.13 Å². The fourth-order valence-electron chi connectivity index (χ4n) is 1.66. The predicted octanol–water partition coefficient (Wildman–Crippen LogP) is -0.410. The number of aliphatic hydroxyl groups excluding tert-OH is 1. The lowest BCUT2D eigenvalue weighted by Crippen LogP contribution is -2.43. The van der Waals surface area contributed by atoms with Gasteiger partial charge in [0.2, 0.25) is 5.13 Å². The van der Waals surface area contributed by atoms with E-state index in [9.17, 15) is 14.7 Å². The maximum absolute atomic E-state index is 11.8. The number of nitrogens with one attached hydrogen (secondary N) is 1. The van der Waals surface area contributed by atoms with Crippen LogP contribution in [0.2, 0.25) is 0 Å². The Morgan fingerprint density at radius 1 is 1.59 bits per heavy atom. The van der Waals surface area contributed by atoms with Crippen LogP contribution in [0, 0.1) is 0 Å².